The first-order valence-corrected chi connectivity index (χ1v) is 6.68. The van der Waals surface area contributed by atoms with Crippen molar-refractivity contribution in [2.75, 3.05) is 0 Å². The van der Waals surface area contributed by atoms with Crippen LogP contribution in [0.15, 0.2) is 24.3 Å². The van der Waals surface area contributed by atoms with Crippen molar-refractivity contribution in [2.45, 2.75) is 32.1 Å². The molecule has 2 aromatic carbocycles. The van der Waals surface area contributed by atoms with Crippen LogP contribution in [0.25, 0.3) is 0 Å². The van der Waals surface area contributed by atoms with Gasteiger partial charge in [0.15, 0.2) is 0 Å². The lowest BCUT2D eigenvalue weighted by Crippen LogP contribution is -2.49. The number of fused-ring (bicyclic) bond motifs is 4. The van der Waals surface area contributed by atoms with Gasteiger partial charge in [0.25, 0.3) is 0 Å². The summed E-state index contributed by atoms with van der Waals surface area (Å²) in [6, 6.07) is 8.13. The molecule has 4 rings (SSSR count). The highest BCUT2D eigenvalue weighted by molar-refractivity contribution is 5.71. The van der Waals surface area contributed by atoms with Crippen LogP contribution in [0.2, 0.25) is 0 Å². The Kier molecular flexibility index (Phi) is 1.80. The van der Waals surface area contributed by atoms with E-state index in [-0.39, 0.29) is 5.41 Å². The van der Waals surface area contributed by atoms with E-state index in [0.29, 0.717) is 11.5 Å². The van der Waals surface area contributed by atoms with Crippen molar-refractivity contribution in [3.05, 3.63) is 57.6 Å². The molecule has 0 heterocycles. The minimum atomic E-state index is -0.128. The lowest BCUT2D eigenvalue weighted by Gasteiger charge is -2.53. The largest absolute Gasteiger partial charge is 0.507 e. The molecule has 0 saturated heterocycles. The minimum absolute atomic E-state index is 0.128. The van der Waals surface area contributed by atoms with E-state index in [1.54, 1.807) is 0 Å². The third-order valence-electron chi connectivity index (χ3n) is 4.87. The zero-order valence-corrected chi connectivity index (χ0v) is 11.1. The maximum absolute atomic E-state index is 10.3. The van der Waals surface area contributed by atoms with Crippen LogP contribution in [0, 0.1) is 13.8 Å². The van der Waals surface area contributed by atoms with E-state index < -0.39 is 0 Å². The number of hydrogen-bond acceptors (Lipinski definition) is 2. The van der Waals surface area contributed by atoms with Crippen molar-refractivity contribution in [3.63, 3.8) is 0 Å². The molecule has 96 valence electrons. The molecule has 2 N–H and O–H groups in total. The second kappa shape index (κ2) is 3.13. The Morgan fingerprint density at radius 2 is 1.21 bits per heavy atom. The number of hydrogen-bond donors (Lipinski definition) is 2. The van der Waals surface area contributed by atoms with Crippen molar-refractivity contribution in [3.8, 4) is 11.5 Å². The Labute approximate surface area is 112 Å². The summed E-state index contributed by atoms with van der Waals surface area (Å²) >= 11 is 0. The van der Waals surface area contributed by atoms with Crippen LogP contribution in [0.5, 0.6) is 11.5 Å². The fraction of sp³-hybridized carbons (Fsp3) is 0.294. The van der Waals surface area contributed by atoms with Gasteiger partial charge in [-0.2, -0.15) is 0 Å². The molecule has 0 bridgehead atoms. The second-order valence-corrected chi connectivity index (χ2v) is 5.97. The van der Waals surface area contributed by atoms with Gasteiger partial charge in [-0.1, -0.05) is 24.3 Å². The van der Waals surface area contributed by atoms with Crippen LogP contribution >= 0.6 is 0 Å². The molecular formula is C17H16O2. The van der Waals surface area contributed by atoms with Crippen LogP contribution in [0.3, 0.4) is 0 Å². The average Bonchev–Trinajstić information content (AvgIpc) is 2.31. The van der Waals surface area contributed by atoms with Gasteiger partial charge in [-0.05, 0) is 48.9 Å². The highest BCUT2D eigenvalue weighted by Gasteiger charge is 2.54. The van der Waals surface area contributed by atoms with E-state index in [0.717, 1.165) is 35.1 Å². The van der Waals surface area contributed by atoms with Crippen molar-refractivity contribution in [1.29, 1.82) is 0 Å². The first-order chi connectivity index (χ1) is 9.04. The summed E-state index contributed by atoms with van der Waals surface area (Å²) in [6.07, 6.45) is 1.86. The quantitative estimate of drug-likeness (QED) is 0.756. The van der Waals surface area contributed by atoms with Gasteiger partial charge in [0.1, 0.15) is 11.5 Å². The lowest BCUT2D eigenvalue weighted by atomic mass is 9.49. The summed E-state index contributed by atoms with van der Waals surface area (Å²) in [5.74, 6) is 0.825. The molecule has 2 aliphatic carbocycles. The molecule has 0 amide bonds. The predicted molar refractivity (Wildman–Crippen MR) is 73.9 cm³/mol. The third kappa shape index (κ3) is 1.08. The molecule has 2 heteroatoms. The molecule has 0 radical (unpaired) electrons. The minimum Gasteiger partial charge on any atom is -0.507 e. The summed E-state index contributed by atoms with van der Waals surface area (Å²) in [6.45, 7) is 3.86. The fourth-order valence-corrected chi connectivity index (χ4v) is 3.81. The van der Waals surface area contributed by atoms with Gasteiger partial charge < -0.3 is 10.2 Å². The van der Waals surface area contributed by atoms with Gasteiger partial charge in [0, 0.05) is 16.5 Å². The predicted octanol–water partition coefficient (Wildman–Crippen LogP) is 3.11. The number of rotatable bonds is 0. The molecule has 0 fully saturated rings. The summed E-state index contributed by atoms with van der Waals surface area (Å²) in [5, 5.41) is 20.7. The zero-order valence-electron chi connectivity index (χ0n) is 11.1. The van der Waals surface area contributed by atoms with E-state index >= 15 is 0 Å². The highest BCUT2D eigenvalue weighted by Crippen LogP contribution is 2.61. The highest BCUT2D eigenvalue weighted by atomic mass is 16.3. The molecule has 2 aromatic rings. The molecular weight excluding hydrogens is 236 g/mol. The number of phenols is 2. The molecule has 1 spiro atoms. The van der Waals surface area contributed by atoms with E-state index in [1.165, 1.54) is 11.1 Å². The molecule has 0 aliphatic heterocycles. The van der Waals surface area contributed by atoms with E-state index in [9.17, 15) is 10.2 Å². The molecule has 2 aliphatic rings. The Balaban J connectivity index is 1.97. The fourth-order valence-electron chi connectivity index (χ4n) is 3.81. The molecule has 0 saturated carbocycles. The topological polar surface area (TPSA) is 40.5 Å². The zero-order chi connectivity index (χ0) is 13.4. The lowest BCUT2D eigenvalue weighted by molar-refractivity contribution is 0.335. The Bertz CT molecular complexity index is 665. The Hall–Kier alpha value is -1.96. The maximum Gasteiger partial charge on any atom is 0.122 e. The standard InChI is InChI=1S/C17H16O2/c1-9-3-5-11-7-17(13(11)15(9)18)8-12-6-4-10(2)16(19)14(12)17/h3-6,18-19H,7-8H2,1-2H3. The van der Waals surface area contributed by atoms with Crippen LogP contribution in [0.4, 0.5) is 0 Å². The SMILES string of the molecule is Cc1ccc2c(c1O)C1(C2)Cc2ccc(C)c(O)c21. The van der Waals surface area contributed by atoms with Crippen LogP contribution in [0.1, 0.15) is 33.4 Å². The number of phenolic OH excluding ortho intramolecular Hbond substituents is 2. The molecule has 0 atom stereocenters. The summed E-state index contributed by atoms with van der Waals surface area (Å²) in [7, 11) is 0. The summed E-state index contributed by atoms with van der Waals surface area (Å²) in [4.78, 5) is 0. The van der Waals surface area contributed by atoms with Gasteiger partial charge in [0.2, 0.25) is 0 Å². The van der Waals surface area contributed by atoms with E-state index in [1.807, 2.05) is 26.0 Å². The van der Waals surface area contributed by atoms with Gasteiger partial charge in [0.05, 0.1) is 0 Å². The maximum atomic E-state index is 10.3. The molecule has 0 unspecified atom stereocenters. The monoisotopic (exact) mass is 252 g/mol. The third-order valence-corrected chi connectivity index (χ3v) is 4.87. The Morgan fingerprint density at radius 3 is 1.63 bits per heavy atom. The van der Waals surface area contributed by atoms with Crippen LogP contribution in [-0.2, 0) is 18.3 Å². The smallest absolute Gasteiger partial charge is 0.122 e. The van der Waals surface area contributed by atoms with Crippen molar-refractivity contribution < 1.29 is 10.2 Å². The van der Waals surface area contributed by atoms with Crippen molar-refractivity contribution >= 4 is 0 Å². The van der Waals surface area contributed by atoms with E-state index in [2.05, 4.69) is 12.1 Å². The normalized spacial score (nSPS) is 17.4. The van der Waals surface area contributed by atoms with Crippen LogP contribution in [-0.4, -0.2) is 10.2 Å². The first kappa shape index (κ1) is 10.9. The van der Waals surface area contributed by atoms with Gasteiger partial charge in [-0.25, -0.2) is 0 Å². The average molecular weight is 252 g/mol. The number of benzene rings is 2. The number of aromatic hydroxyl groups is 2. The van der Waals surface area contributed by atoms with E-state index in [4.69, 9.17) is 0 Å². The van der Waals surface area contributed by atoms with Crippen molar-refractivity contribution in [1.82, 2.24) is 0 Å². The molecule has 19 heavy (non-hydrogen) atoms. The molecule has 0 aromatic heterocycles. The van der Waals surface area contributed by atoms with Crippen LogP contribution < -0.4 is 0 Å². The van der Waals surface area contributed by atoms with Gasteiger partial charge in [-0.3, -0.25) is 0 Å². The van der Waals surface area contributed by atoms with Gasteiger partial charge in [-0.15, -0.1) is 0 Å². The van der Waals surface area contributed by atoms with Crippen molar-refractivity contribution in [2.24, 2.45) is 0 Å². The second-order valence-electron chi connectivity index (χ2n) is 5.97. The number of aryl methyl sites for hydroxylation is 2. The first-order valence-electron chi connectivity index (χ1n) is 6.68. The van der Waals surface area contributed by atoms with Gasteiger partial charge >= 0.3 is 0 Å². The molecule has 2 nitrogen and oxygen atoms in total. The Morgan fingerprint density at radius 1 is 0.789 bits per heavy atom. The summed E-state index contributed by atoms with van der Waals surface area (Å²) < 4.78 is 0. The summed E-state index contributed by atoms with van der Waals surface area (Å²) in [5.41, 5.74) is 6.22.